The number of halogens is 1. The zero-order valence-electron chi connectivity index (χ0n) is 9.50. The van der Waals surface area contributed by atoms with Crippen LogP contribution in [0.3, 0.4) is 0 Å². The van der Waals surface area contributed by atoms with Crippen LogP contribution in [0, 0.1) is 62.1 Å². The SMILES string of the molecule is CN(C)C[C]1[CH][CH][CH][C]1Br.[CH]1[CH][CH][CH][CH]1.[Fe+2]. The van der Waals surface area contributed by atoms with Crippen LogP contribution in [0.1, 0.15) is 0 Å². The molecule has 0 unspecified atom stereocenters. The van der Waals surface area contributed by atoms with Gasteiger partial charge in [-0.05, 0) is 65.5 Å². The summed E-state index contributed by atoms with van der Waals surface area (Å²) in [5.74, 6) is 1.35. The van der Waals surface area contributed by atoms with Crippen molar-refractivity contribution in [3.63, 3.8) is 0 Å². The standard InChI is InChI=1S/C8H11BrN.C5H5.Fe/c1-10(2)6-7-4-3-5-8(7)9;1-2-4-5-3-1;/h3-5H,6H2,1-2H3;1-5H;/q;;+2. The van der Waals surface area contributed by atoms with Crippen LogP contribution in [0.25, 0.3) is 0 Å². The summed E-state index contributed by atoms with van der Waals surface area (Å²) in [4.78, 5) is 3.36. The Morgan fingerprint density at radius 3 is 1.75 bits per heavy atom. The van der Waals surface area contributed by atoms with Gasteiger partial charge in [0.1, 0.15) is 0 Å². The van der Waals surface area contributed by atoms with E-state index in [0.29, 0.717) is 0 Å². The van der Waals surface area contributed by atoms with Crippen LogP contribution in [-0.2, 0) is 17.1 Å². The minimum Gasteiger partial charge on any atom is -0.309 e. The zero-order chi connectivity index (χ0) is 11.1. The molecule has 2 saturated carbocycles. The number of nitrogens with zero attached hydrogens (tertiary/aromatic N) is 1. The summed E-state index contributed by atoms with van der Waals surface area (Å²) < 4.78 is 0. The molecule has 3 heteroatoms. The molecule has 0 spiro atoms. The van der Waals surface area contributed by atoms with Crippen LogP contribution in [0.4, 0.5) is 0 Å². The predicted octanol–water partition coefficient (Wildman–Crippen LogP) is 2.69. The molecule has 86 valence electrons. The number of hydrogen-bond donors (Lipinski definition) is 0. The van der Waals surface area contributed by atoms with Crippen LogP contribution in [-0.4, -0.2) is 25.5 Å². The maximum Gasteiger partial charge on any atom is 2.00 e. The first-order chi connectivity index (χ1) is 7.20. The summed E-state index contributed by atoms with van der Waals surface area (Å²) in [7, 11) is 4.14. The molecule has 0 bridgehead atoms. The largest absolute Gasteiger partial charge is 2.00 e. The van der Waals surface area contributed by atoms with Crippen LogP contribution in [0.5, 0.6) is 0 Å². The van der Waals surface area contributed by atoms with Crippen molar-refractivity contribution in [2.45, 2.75) is 0 Å². The van der Waals surface area contributed by atoms with Gasteiger partial charge >= 0.3 is 17.1 Å². The van der Waals surface area contributed by atoms with Gasteiger partial charge in [0.2, 0.25) is 0 Å². The predicted molar refractivity (Wildman–Crippen MR) is 68.4 cm³/mol. The Balaban J connectivity index is 0.000000318. The van der Waals surface area contributed by atoms with Crippen molar-refractivity contribution in [3.8, 4) is 0 Å². The number of hydrogen-bond acceptors (Lipinski definition) is 1. The molecule has 1 nitrogen and oxygen atoms in total. The molecule has 0 aromatic rings. The first-order valence-electron chi connectivity index (χ1n) is 4.91. The molecule has 0 aromatic heterocycles. The molecule has 0 heterocycles. The van der Waals surface area contributed by atoms with Gasteiger partial charge in [-0.3, -0.25) is 0 Å². The van der Waals surface area contributed by atoms with Gasteiger partial charge in [0, 0.05) is 12.5 Å². The van der Waals surface area contributed by atoms with Crippen molar-refractivity contribution in [1.82, 2.24) is 4.90 Å². The zero-order valence-corrected chi connectivity index (χ0v) is 12.2. The maximum absolute atomic E-state index is 3.47. The first-order valence-corrected chi connectivity index (χ1v) is 5.71. The molecule has 2 aliphatic carbocycles. The topological polar surface area (TPSA) is 3.24 Å². The normalized spacial score (nSPS) is 21.8. The van der Waals surface area contributed by atoms with E-state index in [9.17, 15) is 0 Å². The molecule has 0 saturated heterocycles. The molecule has 16 heavy (non-hydrogen) atoms. The Kier molecular flexibility index (Phi) is 10.5. The van der Waals surface area contributed by atoms with Crippen molar-refractivity contribution in [3.05, 3.63) is 62.1 Å². The third kappa shape index (κ3) is 7.32. The van der Waals surface area contributed by atoms with E-state index < -0.39 is 0 Å². The van der Waals surface area contributed by atoms with Crippen LogP contribution >= 0.6 is 15.9 Å². The van der Waals surface area contributed by atoms with E-state index in [1.807, 2.05) is 32.1 Å². The molecular formula is C13H16BrFeN+2. The van der Waals surface area contributed by atoms with Crippen molar-refractivity contribution in [2.75, 3.05) is 20.6 Å². The Hall–Kier alpha value is 0.959. The Morgan fingerprint density at radius 1 is 0.938 bits per heavy atom. The van der Waals surface area contributed by atoms with Crippen molar-refractivity contribution in [1.29, 1.82) is 0 Å². The van der Waals surface area contributed by atoms with Crippen LogP contribution in [0.15, 0.2) is 0 Å². The monoisotopic (exact) mass is 321 g/mol. The molecule has 0 atom stereocenters. The molecule has 2 aliphatic rings. The summed E-state index contributed by atoms with van der Waals surface area (Å²) in [5, 5.41) is 0. The van der Waals surface area contributed by atoms with Crippen molar-refractivity contribution in [2.24, 2.45) is 0 Å². The fourth-order valence-corrected chi connectivity index (χ4v) is 1.64. The van der Waals surface area contributed by atoms with Gasteiger partial charge in [-0.15, -0.1) is 0 Å². The molecule has 0 amide bonds. The van der Waals surface area contributed by atoms with Gasteiger partial charge in [-0.25, -0.2) is 0 Å². The summed E-state index contributed by atoms with van der Waals surface area (Å²) in [5.41, 5.74) is 0. The minimum absolute atomic E-state index is 0. The fraction of sp³-hybridized carbons (Fsp3) is 0.231. The molecule has 0 aliphatic heterocycles. The molecule has 10 radical (unpaired) electrons. The van der Waals surface area contributed by atoms with E-state index in [2.05, 4.69) is 54.2 Å². The average molecular weight is 322 g/mol. The summed E-state index contributed by atoms with van der Waals surface area (Å²) in [6.45, 7) is 1.01. The van der Waals surface area contributed by atoms with Gasteiger partial charge in [0.15, 0.2) is 0 Å². The Labute approximate surface area is 120 Å². The van der Waals surface area contributed by atoms with Crippen LogP contribution in [0.2, 0.25) is 0 Å². The van der Waals surface area contributed by atoms with E-state index in [0.717, 1.165) is 6.54 Å². The smallest absolute Gasteiger partial charge is 0.309 e. The number of rotatable bonds is 2. The van der Waals surface area contributed by atoms with Crippen molar-refractivity contribution >= 4 is 15.9 Å². The van der Waals surface area contributed by atoms with Gasteiger partial charge in [-0.1, -0.05) is 15.9 Å². The average Bonchev–Trinajstić information content (AvgIpc) is 2.80. The fourth-order valence-electron chi connectivity index (χ4n) is 1.23. The van der Waals surface area contributed by atoms with E-state index in [-0.39, 0.29) is 17.1 Å². The van der Waals surface area contributed by atoms with E-state index in [1.54, 1.807) is 0 Å². The molecule has 2 fully saturated rings. The second kappa shape index (κ2) is 9.94. The Bertz CT molecular complexity index is 152. The summed E-state index contributed by atoms with van der Waals surface area (Å²) >= 11 is 3.47. The second-order valence-electron chi connectivity index (χ2n) is 3.60. The molecular weight excluding hydrogens is 306 g/mol. The molecule has 0 aromatic carbocycles. The summed E-state index contributed by atoms with van der Waals surface area (Å²) in [6.07, 6.45) is 16.3. The third-order valence-electron chi connectivity index (χ3n) is 1.89. The third-order valence-corrected chi connectivity index (χ3v) is 2.66. The quantitative estimate of drug-likeness (QED) is 0.707. The van der Waals surface area contributed by atoms with Gasteiger partial charge in [0.05, 0.1) is 4.83 Å². The van der Waals surface area contributed by atoms with Crippen LogP contribution < -0.4 is 0 Å². The van der Waals surface area contributed by atoms with Crippen molar-refractivity contribution < 1.29 is 17.1 Å². The Morgan fingerprint density at radius 2 is 1.44 bits per heavy atom. The van der Waals surface area contributed by atoms with Gasteiger partial charge in [-0.2, -0.15) is 0 Å². The molecule has 0 N–H and O–H groups in total. The van der Waals surface area contributed by atoms with E-state index in [4.69, 9.17) is 0 Å². The van der Waals surface area contributed by atoms with E-state index >= 15 is 0 Å². The van der Waals surface area contributed by atoms with Gasteiger partial charge in [0.25, 0.3) is 0 Å². The second-order valence-corrected chi connectivity index (χ2v) is 4.45. The van der Waals surface area contributed by atoms with Gasteiger partial charge < -0.3 is 4.90 Å². The summed E-state index contributed by atoms with van der Waals surface area (Å²) in [6, 6.07) is 0. The minimum atomic E-state index is 0. The maximum atomic E-state index is 3.47. The first kappa shape index (κ1) is 17.0. The molecule has 2 rings (SSSR count). The van der Waals surface area contributed by atoms with E-state index in [1.165, 1.54) is 10.7 Å².